The topological polar surface area (TPSA) is 32.3 Å². The van der Waals surface area contributed by atoms with Crippen LogP contribution in [0.15, 0.2) is 24.3 Å². The van der Waals surface area contributed by atoms with Crippen molar-refractivity contribution in [1.29, 1.82) is 0 Å². The second-order valence-electron chi connectivity index (χ2n) is 4.80. The zero-order valence-corrected chi connectivity index (χ0v) is 10.6. The number of amides is 1. The van der Waals surface area contributed by atoms with E-state index in [9.17, 15) is 4.79 Å². The maximum absolute atomic E-state index is 11.0. The SMILES string of the molecule is CC(=O)NC1CCN(c2ccc(C)cc2)CC1. The lowest BCUT2D eigenvalue weighted by molar-refractivity contribution is -0.119. The fourth-order valence-electron chi connectivity index (χ4n) is 2.33. The number of hydrogen-bond acceptors (Lipinski definition) is 2. The van der Waals surface area contributed by atoms with Gasteiger partial charge in [-0.1, -0.05) is 17.7 Å². The van der Waals surface area contributed by atoms with Crippen LogP contribution >= 0.6 is 0 Å². The van der Waals surface area contributed by atoms with Gasteiger partial charge in [0.15, 0.2) is 0 Å². The molecule has 3 nitrogen and oxygen atoms in total. The Hall–Kier alpha value is -1.51. The minimum absolute atomic E-state index is 0.0822. The predicted molar refractivity (Wildman–Crippen MR) is 70.2 cm³/mol. The lowest BCUT2D eigenvalue weighted by atomic mass is 10.0. The van der Waals surface area contributed by atoms with Crippen LogP contribution in [0, 0.1) is 6.92 Å². The van der Waals surface area contributed by atoms with Gasteiger partial charge in [-0.3, -0.25) is 4.79 Å². The lowest BCUT2D eigenvalue weighted by Crippen LogP contribution is -2.44. The van der Waals surface area contributed by atoms with Crippen molar-refractivity contribution in [3.05, 3.63) is 29.8 Å². The van der Waals surface area contributed by atoms with Gasteiger partial charge in [0.25, 0.3) is 0 Å². The van der Waals surface area contributed by atoms with Crippen LogP contribution < -0.4 is 10.2 Å². The summed E-state index contributed by atoms with van der Waals surface area (Å²) in [5.74, 6) is 0.0822. The Morgan fingerprint density at radius 2 is 1.82 bits per heavy atom. The molecule has 0 unspecified atom stereocenters. The summed E-state index contributed by atoms with van der Waals surface area (Å²) in [5, 5.41) is 3.00. The molecular weight excluding hydrogens is 212 g/mol. The van der Waals surface area contributed by atoms with E-state index >= 15 is 0 Å². The number of carbonyl (C=O) groups is 1. The number of aryl methyl sites for hydroxylation is 1. The zero-order chi connectivity index (χ0) is 12.3. The molecule has 17 heavy (non-hydrogen) atoms. The van der Waals surface area contributed by atoms with Gasteiger partial charge in [0.05, 0.1) is 0 Å². The fourth-order valence-corrected chi connectivity index (χ4v) is 2.33. The quantitative estimate of drug-likeness (QED) is 0.847. The van der Waals surface area contributed by atoms with Crippen molar-refractivity contribution in [2.45, 2.75) is 32.7 Å². The van der Waals surface area contributed by atoms with Crippen molar-refractivity contribution in [2.75, 3.05) is 18.0 Å². The maximum Gasteiger partial charge on any atom is 0.217 e. The molecule has 3 heteroatoms. The van der Waals surface area contributed by atoms with Gasteiger partial charge in [0.1, 0.15) is 0 Å². The first kappa shape index (κ1) is 12.0. The highest BCUT2D eigenvalue weighted by atomic mass is 16.1. The van der Waals surface area contributed by atoms with Crippen molar-refractivity contribution < 1.29 is 4.79 Å². The normalized spacial score (nSPS) is 16.9. The third kappa shape index (κ3) is 3.22. The largest absolute Gasteiger partial charge is 0.371 e. The van der Waals surface area contributed by atoms with Crippen LogP contribution in [0.4, 0.5) is 5.69 Å². The van der Waals surface area contributed by atoms with Gasteiger partial charge < -0.3 is 10.2 Å². The van der Waals surface area contributed by atoms with E-state index in [0.717, 1.165) is 25.9 Å². The number of carbonyl (C=O) groups excluding carboxylic acids is 1. The van der Waals surface area contributed by atoms with E-state index in [1.807, 2.05) is 0 Å². The first-order valence-corrected chi connectivity index (χ1v) is 6.24. The van der Waals surface area contributed by atoms with Gasteiger partial charge in [-0.25, -0.2) is 0 Å². The molecule has 0 spiro atoms. The average Bonchev–Trinajstić information content (AvgIpc) is 2.30. The number of hydrogen-bond donors (Lipinski definition) is 1. The van der Waals surface area contributed by atoms with Gasteiger partial charge in [-0.2, -0.15) is 0 Å². The number of nitrogens with zero attached hydrogens (tertiary/aromatic N) is 1. The summed E-state index contributed by atoms with van der Waals surface area (Å²) in [4.78, 5) is 13.4. The van der Waals surface area contributed by atoms with Crippen molar-refractivity contribution >= 4 is 11.6 Å². The molecule has 1 amide bonds. The van der Waals surface area contributed by atoms with Crippen LogP contribution in [-0.2, 0) is 4.79 Å². The molecule has 1 saturated heterocycles. The van der Waals surface area contributed by atoms with Crippen LogP contribution in [-0.4, -0.2) is 25.0 Å². The van der Waals surface area contributed by atoms with Crippen molar-refractivity contribution in [3.63, 3.8) is 0 Å². The Kier molecular flexibility index (Phi) is 3.67. The molecule has 1 aromatic rings. The monoisotopic (exact) mass is 232 g/mol. The molecule has 1 fully saturated rings. The average molecular weight is 232 g/mol. The van der Waals surface area contributed by atoms with E-state index in [1.165, 1.54) is 11.3 Å². The molecule has 1 heterocycles. The molecule has 1 N–H and O–H groups in total. The highest BCUT2D eigenvalue weighted by Crippen LogP contribution is 2.20. The summed E-state index contributed by atoms with van der Waals surface area (Å²) in [6, 6.07) is 9.00. The Morgan fingerprint density at radius 1 is 1.24 bits per heavy atom. The Bertz CT molecular complexity index is 378. The molecule has 92 valence electrons. The summed E-state index contributed by atoms with van der Waals surface area (Å²) in [5.41, 5.74) is 2.58. The van der Waals surface area contributed by atoms with Gasteiger partial charge in [0.2, 0.25) is 5.91 Å². The van der Waals surface area contributed by atoms with Crippen molar-refractivity contribution in [3.8, 4) is 0 Å². The van der Waals surface area contributed by atoms with E-state index in [-0.39, 0.29) is 5.91 Å². The second kappa shape index (κ2) is 5.21. The van der Waals surface area contributed by atoms with Gasteiger partial charge in [0, 0.05) is 31.7 Å². The number of anilines is 1. The minimum atomic E-state index is 0.0822. The molecule has 0 atom stereocenters. The summed E-state index contributed by atoms with van der Waals surface area (Å²) in [6.45, 7) is 5.74. The Balaban J connectivity index is 1.90. The van der Waals surface area contributed by atoms with E-state index in [4.69, 9.17) is 0 Å². The van der Waals surface area contributed by atoms with Crippen LogP contribution in [0.2, 0.25) is 0 Å². The number of rotatable bonds is 2. The standard InChI is InChI=1S/C14H20N2O/c1-11-3-5-14(6-4-11)16-9-7-13(8-10-16)15-12(2)17/h3-6,13H,7-10H2,1-2H3,(H,15,17). The molecule has 0 aromatic heterocycles. The third-order valence-electron chi connectivity index (χ3n) is 3.30. The molecule has 0 saturated carbocycles. The van der Waals surface area contributed by atoms with Gasteiger partial charge in [-0.05, 0) is 31.9 Å². The zero-order valence-electron chi connectivity index (χ0n) is 10.6. The molecule has 0 bridgehead atoms. The smallest absolute Gasteiger partial charge is 0.217 e. The summed E-state index contributed by atoms with van der Waals surface area (Å²) < 4.78 is 0. The van der Waals surface area contributed by atoms with Crippen LogP contribution in [0.1, 0.15) is 25.3 Å². The summed E-state index contributed by atoms with van der Waals surface area (Å²) in [6.07, 6.45) is 2.07. The van der Waals surface area contributed by atoms with Crippen LogP contribution in [0.5, 0.6) is 0 Å². The molecule has 0 aliphatic carbocycles. The Labute approximate surface area is 103 Å². The van der Waals surface area contributed by atoms with Crippen LogP contribution in [0.3, 0.4) is 0 Å². The van der Waals surface area contributed by atoms with Crippen LogP contribution in [0.25, 0.3) is 0 Å². The highest BCUT2D eigenvalue weighted by molar-refractivity contribution is 5.73. The number of benzene rings is 1. The third-order valence-corrected chi connectivity index (χ3v) is 3.30. The minimum Gasteiger partial charge on any atom is -0.371 e. The predicted octanol–water partition coefficient (Wildman–Crippen LogP) is 2.10. The number of nitrogens with one attached hydrogen (secondary N) is 1. The summed E-state index contributed by atoms with van der Waals surface area (Å²) >= 11 is 0. The first-order chi connectivity index (χ1) is 8.15. The second-order valence-corrected chi connectivity index (χ2v) is 4.80. The first-order valence-electron chi connectivity index (χ1n) is 6.24. The maximum atomic E-state index is 11.0. The lowest BCUT2D eigenvalue weighted by Gasteiger charge is -2.33. The highest BCUT2D eigenvalue weighted by Gasteiger charge is 2.19. The Morgan fingerprint density at radius 3 is 2.35 bits per heavy atom. The van der Waals surface area contributed by atoms with Gasteiger partial charge in [-0.15, -0.1) is 0 Å². The van der Waals surface area contributed by atoms with Crippen molar-refractivity contribution in [2.24, 2.45) is 0 Å². The molecule has 1 aromatic carbocycles. The van der Waals surface area contributed by atoms with E-state index < -0.39 is 0 Å². The molecule has 1 aliphatic rings. The summed E-state index contributed by atoms with van der Waals surface area (Å²) in [7, 11) is 0. The van der Waals surface area contributed by atoms with E-state index in [0.29, 0.717) is 6.04 Å². The molecular formula is C14H20N2O. The molecule has 1 aliphatic heterocycles. The van der Waals surface area contributed by atoms with Crippen molar-refractivity contribution in [1.82, 2.24) is 5.32 Å². The molecule has 0 radical (unpaired) electrons. The van der Waals surface area contributed by atoms with E-state index in [2.05, 4.69) is 41.4 Å². The molecule has 2 rings (SSSR count). The van der Waals surface area contributed by atoms with E-state index in [1.54, 1.807) is 6.92 Å². The number of piperidine rings is 1. The van der Waals surface area contributed by atoms with Gasteiger partial charge >= 0.3 is 0 Å². The fraction of sp³-hybridized carbons (Fsp3) is 0.500.